The quantitative estimate of drug-likeness (QED) is 0.659. The SMILES string of the molecule is CN(C)CCNC1=CC(=O)CC1. The lowest BCUT2D eigenvalue weighted by atomic mass is 10.3. The number of rotatable bonds is 4. The minimum Gasteiger partial charge on any atom is -0.387 e. The first-order valence-electron chi connectivity index (χ1n) is 4.30. The van der Waals surface area contributed by atoms with Crippen LogP contribution in [0, 0.1) is 0 Å². The Morgan fingerprint density at radius 1 is 1.50 bits per heavy atom. The number of carbonyl (C=O) groups is 1. The van der Waals surface area contributed by atoms with E-state index in [1.54, 1.807) is 6.08 Å². The summed E-state index contributed by atoms with van der Waals surface area (Å²) in [5, 5.41) is 3.24. The van der Waals surface area contributed by atoms with Crippen LogP contribution >= 0.6 is 0 Å². The second-order valence-electron chi connectivity index (χ2n) is 3.37. The monoisotopic (exact) mass is 168 g/mol. The van der Waals surface area contributed by atoms with Gasteiger partial charge in [-0.25, -0.2) is 0 Å². The van der Waals surface area contributed by atoms with Crippen molar-refractivity contribution in [3.05, 3.63) is 11.8 Å². The van der Waals surface area contributed by atoms with E-state index in [1.165, 1.54) is 0 Å². The zero-order valence-corrected chi connectivity index (χ0v) is 7.76. The van der Waals surface area contributed by atoms with Crippen LogP contribution in [0.25, 0.3) is 0 Å². The summed E-state index contributed by atoms with van der Waals surface area (Å²) in [6.07, 6.45) is 3.30. The Morgan fingerprint density at radius 2 is 2.25 bits per heavy atom. The molecule has 0 aromatic carbocycles. The van der Waals surface area contributed by atoms with Gasteiger partial charge < -0.3 is 10.2 Å². The summed E-state index contributed by atoms with van der Waals surface area (Å²) in [6.45, 7) is 1.93. The van der Waals surface area contributed by atoms with Crippen molar-refractivity contribution in [2.24, 2.45) is 0 Å². The Balaban J connectivity index is 2.16. The van der Waals surface area contributed by atoms with Crippen LogP contribution in [0.5, 0.6) is 0 Å². The predicted molar refractivity (Wildman–Crippen MR) is 48.9 cm³/mol. The van der Waals surface area contributed by atoms with Crippen LogP contribution in [-0.2, 0) is 4.79 Å². The van der Waals surface area contributed by atoms with Crippen LogP contribution in [0.1, 0.15) is 12.8 Å². The largest absolute Gasteiger partial charge is 0.387 e. The lowest BCUT2D eigenvalue weighted by Gasteiger charge is -2.11. The second kappa shape index (κ2) is 4.26. The molecule has 1 aliphatic rings. The fourth-order valence-corrected chi connectivity index (χ4v) is 1.18. The molecule has 0 fully saturated rings. The molecule has 1 rings (SSSR count). The minimum atomic E-state index is 0.252. The fraction of sp³-hybridized carbons (Fsp3) is 0.667. The lowest BCUT2D eigenvalue weighted by molar-refractivity contribution is -0.114. The summed E-state index contributed by atoms with van der Waals surface area (Å²) < 4.78 is 0. The van der Waals surface area contributed by atoms with Crippen molar-refractivity contribution < 1.29 is 4.79 Å². The average Bonchev–Trinajstić information content (AvgIpc) is 2.35. The van der Waals surface area contributed by atoms with Gasteiger partial charge in [0.1, 0.15) is 0 Å². The van der Waals surface area contributed by atoms with E-state index in [-0.39, 0.29) is 5.78 Å². The normalized spacial score (nSPS) is 16.9. The molecule has 0 unspecified atom stereocenters. The molecule has 0 amide bonds. The zero-order valence-electron chi connectivity index (χ0n) is 7.76. The Hall–Kier alpha value is -0.830. The molecule has 3 nitrogen and oxygen atoms in total. The van der Waals surface area contributed by atoms with Gasteiger partial charge in [0.2, 0.25) is 0 Å². The van der Waals surface area contributed by atoms with Crippen molar-refractivity contribution in [3.63, 3.8) is 0 Å². The van der Waals surface area contributed by atoms with Crippen molar-refractivity contribution in [1.29, 1.82) is 0 Å². The molecule has 0 aliphatic heterocycles. The van der Waals surface area contributed by atoms with E-state index in [9.17, 15) is 4.79 Å². The van der Waals surface area contributed by atoms with Crippen LogP contribution < -0.4 is 5.32 Å². The summed E-state index contributed by atoms with van der Waals surface area (Å²) in [6, 6.07) is 0. The van der Waals surface area contributed by atoms with Gasteiger partial charge in [-0.15, -0.1) is 0 Å². The number of ketones is 1. The molecule has 0 aromatic heterocycles. The zero-order chi connectivity index (χ0) is 8.97. The second-order valence-corrected chi connectivity index (χ2v) is 3.37. The van der Waals surface area contributed by atoms with Crippen molar-refractivity contribution >= 4 is 5.78 Å². The summed E-state index contributed by atoms with van der Waals surface area (Å²) in [7, 11) is 4.08. The summed E-state index contributed by atoms with van der Waals surface area (Å²) in [4.78, 5) is 12.9. The van der Waals surface area contributed by atoms with Gasteiger partial charge in [-0.3, -0.25) is 4.79 Å². The minimum absolute atomic E-state index is 0.252. The Kier molecular flexibility index (Phi) is 3.29. The van der Waals surface area contributed by atoms with E-state index >= 15 is 0 Å². The molecule has 0 radical (unpaired) electrons. The molecule has 1 aliphatic carbocycles. The number of hydrogen-bond acceptors (Lipinski definition) is 3. The first-order chi connectivity index (χ1) is 5.68. The van der Waals surface area contributed by atoms with Gasteiger partial charge in [-0.05, 0) is 20.5 Å². The first kappa shape index (κ1) is 9.26. The topological polar surface area (TPSA) is 32.3 Å². The highest BCUT2D eigenvalue weighted by atomic mass is 16.1. The van der Waals surface area contributed by atoms with Crippen LogP contribution in [0.4, 0.5) is 0 Å². The van der Waals surface area contributed by atoms with Crippen molar-refractivity contribution in [3.8, 4) is 0 Å². The number of hydrogen-bond donors (Lipinski definition) is 1. The van der Waals surface area contributed by atoms with E-state index in [0.717, 1.165) is 25.2 Å². The fourth-order valence-electron chi connectivity index (χ4n) is 1.18. The highest BCUT2D eigenvalue weighted by Gasteiger charge is 2.10. The third-order valence-corrected chi connectivity index (χ3v) is 1.89. The standard InChI is InChI=1S/C9H16N2O/c1-11(2)6-5-10-8-3-4-9(12)7-8/h7,10H,3-6H2,1-2H3. The molecule has 0 heterocycles. The van der Waals surface area contributed by atoms with Gasteiger partial charge in [0.15, 0.2) is 5.78 Å². The Bertz CT molecular complexity index is 197. The maximum absolute atomic E-state index is 10.8. The maximum Gasteiger partial charge on any atom is 0.157 e. The van der Waals surface area contributed by atoms with Crippen LogP contribution in [0.3, 0.4) is 0 Å². The molecule has 0 bridgehead atoms. The first-order valence-corrected chi connectivity index (χ1v) is 4.30. The molecule has 68 valence electrons. The van der Waals surface area contributed by atoms with E-state index in [4.69, 9.17) is 0 Å². The highest BCUT2D eigenvalue weighted by molar-refractivity contribution is 5.92. The third-order valence-electron chi connectivity index (χ3n) is 1.89. The Morgan fingerprint density at radius 3 is 2.75 bits per heavy atom. The van der Waals surface area contributed by atoms with Crippen LogP contribution in [0.2, 0.25) is 0 Å². The van der Waals surface area contributed by atoms with Gasteiger partial charge >= 0.3 is 0 Å². The van der Waals surface area contributed by atoms with Gasteiger partial charge in [0, 0.05) is 31.3 Å². The molecule has 0 atom stereocenters. The van der Waals surface area contributed by atoms with E-state index < -0.39 is 0 Å². The van der Waals surface area contributed by atoms with Gasteiger partial charge in [-0.2, -0.15) is 0 Å². The van der Waals surface area contributed by atoms with Gasteiger partial charge in [0.05, 0.1) is 0 Å². The van der Waals surface area contributed by atoms with Crippen molar-refractivity contribution in [2.75, 3.05) is 27.2 Å². The lowest BCUT2D eigenvalue weighted by Crippen LogP contribution is -2.25. The number of nitrogens with one attached hydrogen (secondary N) is 1. The number of allylic oxidation sites excluding steroid dienone is 2. The van der Waals surface area contributed by atoms with E-state index in [0.29, 0.717) is 6.42 Å². The summed E-state index contributed by atoms with van der Waals surface area (Å²) >= 11 is 0. The van der Waals surface area contributed by atoms with Crippen molar-refractivity contribution in [2.45, 2.75) is 12.8 Å². The summed E-state index contributed by atoms with van der Waals surface area (Å²) in [5.41, 5.74) is 1.10. The highest BCUT2D eigenvalue weighted by Crippen LogP contribution is 2.10. The number of carbonyl (C=O) groups excluding carboxylic acids is 1. The smallest absolute Gasteiger partial charge is 0.157 e. The van der Waals surface area contributed by atoms with Gasteiger partial charge in [0.25, 0.3) is 0 Å². The Labute approximate surface area is 73.4 Å². The van der Waals surface area contributed by atoms with E-state index in [1.807, 2.05) is 14.1 Å². The summed E-state index contributed by atoms with van der Waals surface area (Å²) in [5.74, 6) is 0.252. The van der Waals surface area contributed by atoms with Crippen LogP contribution in [-0.4, -0.2) is 37.9 Å². The molecule has 0 saturated carbocycles. The predicted octanol–water partition coefficient (Wildman–Crippen LogP) is 0.384. The molecule has 12 heavy (non-hydrogen) atoms. The molecule has 0 spiro atoms. The molecule has 1 N–H and O–H groups in total. The molecular weight excluding hydrogens is 152 g/mol. The molecular formula is C9H16N2O. The number of nitrogens with zero attached hydrogens (tertiary/aromatic N) is 1. The average molecular weight is 168 g/mol. The number of likely N-dealkylation sites (N-methyl/N-ethyl adjacent to an activating group) is 1. The molecule has 0 saturated heterocycles. The van der Waals surface area contributed by atoms with Crippen LogP contribution in [0.15, 0.2) is 11.8 Å². The van der Waals surface area contributed by atoms with Crippen molar-refractivity contribution in [1.82, 2.24) is 10.2 Å². The molecule has 0 aromatic rings. The maximum atomic E-state index is 10.8. The molecule has 3 heteroatoms. The van der Waals surface area contributed by atoms with Gasteiger partial charge in [-0.1, -0.05) is 0 Å². The third kappa shape index (κ3) is 3.05. The van der Waals surface area contributed by atoms with E-state index in [2.05, 4.69) is 10.2 Å².